The third kappa shape index (κ3) is 2.26. The summed E-state index contributed by atoms with van der Waals surface area (Å²) < 4.78 is 1.22. The van der Waals surface area contributed by atoms with Crippen LogP contribution in [-0.4, -0.2) is 36.6 Å². The van der Waals surface area contributed by atoms with E-state index in [-0.39, 0.29) is 11.9 Å². The van der Waals surface area contributed by atoms with Gasteiger partial charge in [0.15, 0.2) is 5.96 Å². The fraction of sp³-hybridized carbons (Fsp3) is 0.278. The Kier molecular flexibility index (Phi) is 3.31. The lowest BCUT2D eigenvalue weighted by Gasteiger charge is -2.33. The highest BCUT2D eigenvalue weighted by molar-refractivity contribution is 7.17. The van der Waals surface area contributed by atoms with Crippen LogP contribution < -0.4 is 5.73 Å². The molecule has 0 aliphatic carbocycles. The minimum atomic E-state index is -0.626. The first-order valence-corrected chi connectivity index (χ1v) is 8.70. The van der Waals surface area contributed by atoms with Crippen LogP contribution in [-0.2, 0) is 10.3 Å². The van der Waals surface area contributed by atoms with E-state index in [0.717, 1.165) is 17.7 Å². The Morgan fingerprint density at radius 1 is 1.38 bits per heavy atom. The first-order chi connectivity index (χ1) is 11.5. The van der Waals surface area contributed by atoms with Crippen LogP contribution in [0, 0.1) is 0 Å². The number of nitrogens with two attached hydrogens (primary N) is 1. The largest absolute Gasteiger partial charge is 0.369 e. The standard InChI is InChI=1S/C18H18N4OS/c1-18(8-16(23)22(2)17(19)21-18)12-3-4-15-13(7-12)14(10-24-15)11-5-6-20-9-11/h3-5,7,9-10H,6,8H2,1-2H3,(H2,19,21)/t18-/m0/s1. The molecule has 1 amide bonds. The molecule has 6 heteroatoms. The molecule has 1 atom stereocenters. The number of aliphatic imine (C=N–C) groups is 2. The van der Waals surface area contributed by atoms with Crippen molar-refractivity contribution in [2.45, 2.75) is 18.9 Å². The zero-order valence-electron chi connectivity index (χ0n) is 13.6. The molecule has 0 saturated carbocycles. The lowest BCUT2D eigenvalue weighted by molar-refractivity contribution is -0.128. The first-order valence-electron chi connectivity index (χ1n) is 7.82. The van der Waals surface area contributed by atoms with Gasteiger partial charge in [-0.1, -0.05) is 12.1 Å². The first kappa shape index (κ1) is 15.1. The van der Waals surface area contributed by atoms with Gasteiger partial charge in [0.1, 0.15) is 0 Å². The summed E-state index contributed by atoms with van der Waals surface area (Å²) in [6, 6.07) is 6.30. The number of amides is 1. The summed E-state index contributed by atoms with van der Waals surface area (Å²) in [7, 11) is 1.66. The average molecular weight is 338 g/mol. The summed E-state index contributed by atoms with van der Waals surface area (Å²) in [6.45, 7) is 2.71. The van der Waals surface area contributed by atoms with Gasteiger partial charge in [-0.05, 0) is 35.6 Å². The number of nitrogens with zero attached hydrogens (tertiary/aromatic N) is 3. The number of carbonyl (C=O) groups is 1. The number of hydrogen-bond donors (Lipinski definition) is 1. The van der Waals surface area contributed by atoms with Crippen molar-refractivity contribution in [3.63, 3.8) is 0 Å². The van der Waals surface area contributed by atoms with E-state index in [1.807, 2.05) is 13.1 Å². The number of fused-ring (bicyclic) bond motifs is 1. The van der Waals surface area contributed by atoms with Crippen LogP contribution in [0.4, 0.5) is 0 Å². The number of carbonyl (C=O) groups excluding carboxylic acids is 1. The highest BCUT2D eigenvalue weighted by Crippen LogP contribution is 2.38. The van der Waals surface area contributed by atoms with Crippen molar-refractivity contribution < 1.29 is 4.79 Å². The molecule has 1 aromatic heterocycles. The summed E-state index contributed by atoms with van der Waals surface area (Å²) in [4.78, 5) is 22.5. The Labute approximate surface area is 144 Å². The van der Waals surface area contributed by atoms with Crippen molar-refractivity contribution in [1.29, 1.82) is 0 Å². The number of benzene rings is 1. The molecular formula is C18H18N4OS. The van der Waals surface area contributed by atoms with Gasteiger partial charge in [-0.2, -0.15) is 0 Å². The Morgan fingerprint density at radius 2 is 2.21 bits per heavy atom. The molecule has 5 nitrogen and oxygen atoms in total. The normalized spacial score (nSPS) is 23.8. The molecule has 122 valence electrons. The summed E-state index contributed by atoms with van der Waals surface area (Å²) in [5, 5.41) is 3.34. The predicted molar refractivity (Wildman–Crippen MR) is 99.5 cm³/mol. The van der Waals surface area contributed by atoms with Crippen LogP contribution in [0.1, 0.15) is 24.5 Å². The second-order valence-electron chi connectivity index (χ2n) is 6.39. The smallest absolute Gasteiger partial charge is 0.231 e. The van der Waals surface area contributed by atoms with Crippen molar-refractivity contribution in [1.82, 2.24) is 4.90 Å². The maximum absolute atomic E-state index is 12.2. The monoisotopic (exact) mass is 338 g/mol. The SMILES string of the molecule is CN1C(=O)C[C@@](C)(c2ccc3scc(C4=CCN=C4)c3c2)N=C1N. The van der Waals surface area contributed by atoms with E-state index in [1.54, 1.807) is 18.4 Å². The van der Waals surface area contributed by atoms with E-state index in [9.17, 15) is 4.79 Å². The zero-order chi connectivity index (χ0) is 16.9. The lowest BCUT2D eigenvalue weighted by atomic mass is 9.86. The topological polar surface area (TPSA) is 71.0 Å². The van der Waals surface area contributed by atoms with Gasteiger partial charge in [0.25, 0.3) is 0 Å². The summed E-state index contributed by atoms with van der Waals surface area (Å²) >= 11 is 1.72. The summed E-state index contributed by atoms with van der Waals surface area (Å²) in [5.41, 5.74) is 8.67. The Morgan fingerprint density at radius 3 is 2.92 bits per heavy atom. The molecule has 4 rings (SSSR count). The molecule has 2 aromatic rings. The molecule has 0 unspecified atom stereocenters. The van der Waals surface area contributed by atoms with Gasteiger partial charge in [-0.15, -0.1) is 11.3 Å². The minimum Gasteiger partial charge on any atom is -0.369 e. The van der Waals surface area contributed by atoms with E-state index in [0.29, 0.717) is 6.42 Å². The van der Waals surface area contributed by atoms with E-state index < -0.39 is 5.54 Å². The number of hydrogen-bond acceptors (Lipinski definition) is 5. The zero-order valence-corrected chi connectivity index (χ0v) is 14.4. The molecule has 0 fully saturated rings. The van der Waals surface area contributed by atoms with Crippen LogP contribution in [0.15, 0.2) is 39.6 Å². The van der Waals surface area contributed by atoms with Crippen LogP contribution in [0.3, 0.4) is 0 Å². The van der Waals surface area contributed by atoms with Crippen molar-refractivity contribution in [3.05, 3.63) is 40.8 Å². The van der Waals surface area contributed by atoms with Crippen molar-refractivity contribution >= 4 is 45.1 Å². The number of rotatable bonds is 2. The van der Waals surface area contributed by atoms with Gasteiger partial charge in [-0.25, -0.2) is 4.99 Å². The van der Waals surface area contributed by atoms with Crippen molar-refractivity contribution in [2.75, 3.05) is 13.6 Å². The highest BCUT2D eigenvalue weighted by Gasteiger charge is 2.36. The molecule has 0 radical (unpaired) electrons. The second-order valence-corrected chi connectivity index (χ2v) is 7.30. The van der Waals surface area contributed by atoms with Gasteiger partial charge < -0.3 is 5.73 Å². The Hall–Kier alpha value is -2.47. The molecule has 3 heterocycles. The Balaban J connectivity index is 1.84. The van der Waals surface area contributed by atoms with E-state index in [1.165, 1.54) is 20.5 Å². The second kappa shape index (κ2) is 5.27. The molecular weight excluding hydrogens is 320 g/mol. The van der Waals surface area contributed by atoms with E-state index in [4.69, 9.17) is 5.73 Å². The van der Waals surface area contributed by atoms with Crippen LogP contribution in [0.25, 0.3) is 15.7 Å². The molecule has 0 saturated heterocycles. The summed E-state index contributed by atoms with van der Waals surface area (Å²) in [6.07, 6.45) is 4.37. The quantitative estimate of drug-likeness (QED) is 0.914. The molecule has 2 N–H and O–H groups in total. The van der Waals surface area contributed by atoms with Crippen LogP contribution >= 0.6 is 11.3 Å². The van der Waals surface area contributed by atoms with Gasteiger partial charge in [-0.3, -0.25) is 14.7 Å². The number of thiophene rings is 1. The highest BCUT2D eigenvalue weighted by atomic mass is 32.1. The summed E-state index contributed by atoms with van der Waals surface area (Å²) in [5.74, 6) is 0.256. The van der Waals surface area contributed by atoms with Gasteiger partial charge >= 0.3 is 0 Å². The lowest BCUT2D eigenvalue weighted by Crippen LogP contribution is -2.47. The number of allylic oxidation sites excluding steroid dienone is 1. The van der Waals surface area contributed by atoms with Crippen LogP contribution in [0.2, 0.25) is 0 Å². The van der Waals surface area contributed by atoms with Gasteiger partial charge in [0.2, 0.25) is 5.91 Å². The number of guanidine groups is 1. The molecule has 0 spiro atoms. The van der Waals surface area contributed by atoms with Crippen LogP contribution in [0.5, 0.6) is 0 Å². The minimum absolute atomic E-state index is 0.0127. The predicted octanol–water partition coefficient (Wildman–Crippen LogP) is 2.76. The molecule has 2 aliphatic heterocycles. The average Bonchev–Trinajstić information content (AvgIpc) is 3.20. The third-order valence-electron chi connectivity index (χ3n) is 4.73. The molecule has 24 heavy (non-hydrogen) atoms. The van der Waals surface area contributed by atoms with Crippen molar-refractivity contribution in [2.24, 2.45) is 15.7 Å². The van der Waals surface area contributed by atoms with Crippen molar-refractivity contribution in [3.8, 4) is 0 Å². The fourth-order valence-electron chi connectivity index (χ4n) is 3.20. The maximum Gasteiger partial charge on any atom is 0.231 e. The molecule has 0 bridgehead atoms. The van der Waals surface area contributed by atoms with Gasteiger partial charge in [0.05, 0.1) is 18.5 Å². The molecule has 1 aromatic carbocycles. The molecule has 2 aliphatic rings. The van der Waals surface area contributed by atoms with Gasteiger partial charge in [0, 0.05) is 28.9 Å². The Bertz CT molecular complexity index is 940. The van der Waals surface area contributed by atoms with E-state index in [2.05, 4.69) is 39.6 Å². The maximum atomic E-state index is 12.2. The third-order valence-corrected chi connectivity index (χ3v) is 5.69. The fourth-order valence-corrected chi connectivity index (χ4v) is 4.15. The van der Waals surface area contributed by atoms with E-state index >= 15 is 0 Å².